The molecule has 1 aromatic rings. The number of hydrogen-bond donors (Lipinski definition) is 3. The van der Waals surface area contributed by atoms with Gasteiger partial charge in [-0.3, -0.25) is 10.1 Å². The van der Waals surface area contributed by atoms with E-state index in [0.717, 1.165) is 18.8 Å². The third-order valence-corrected chi connectivity index (χ3v) is 3.83. The second-order valence-electron chi connectivity index (χ2n) is 5.53. The number of hydrogen-bond acceptors (Lipinski definition) is 4. The summed E-state index contributed by atoms with van der Waals surface area (Å²) >= 11 is 0. The maximum Gasteiger partial charge on any atom is 0.321 e. The fourth-order valence-electron chi connectivity index (χ4n) is 2.52. The van der Waals surface area contributed by atoms with Crippen LogP contribution in [-0.2, 0) is 4.79 Å². The van der Waals surface area contributed by atoms with E-state index in [1.165, 1.54) is 32.0 Å². The van der Waals surface area contributed by atoms with Gasteiger partial charge in [0.05, 0.1) is 0 Å². The van der Waals surface area contributed by atoms with E-state index in [1.54, 1.807) is 6.92 Å². The molecule has 6 heteroatoms. The number of rotatable bonds is 4. The Bertz CT molecular complexity index is 509. The molecule has 3 N–H and O–H groups in total. The van der Waals surface area contributed by atoms with Gasteiger partial charge in [-0.1, -0.05) is 0 Å². The fraction of sp³-hybridized carbons (Fsp3) is 0.500. The van der Waals surface area contributed by atoms with E-state index in [4.69, 9.17) is 0 Å². The largest absolute Gasteiger partial charge is 0.374 e. The first kappa shape index (κ1) is 16.1. The number of anilines is 2. The molecule has 2 rings (SSSR count). The summed E-state index contributed by atoms with van der Waals surface area (Å²) in [7, 11) is 1.47. The van der Waals surface area contributed by atoms with E-state index in [1.807, 2.05) is 12.1 Å². The Labute approximate surface area is 131 Å². The first-order valence-electron chi connectivity index (χ1n) is 7.74. The minimum absolute atomic E-state index is 0.362. The molecule has 0 bridgehead atoms. The molecule has 1 aliphatic rings. The lowest BCUT2D eigenvalue weighted by atomic mass is 10.1. The summed E-state index contributed by atoms with van der Waals surface area (Å²) in [4.78, 5) is 25.3. The minimum atomic E-state index is -0.501. The number of nitrogens with one attached hydrogen (secondary N) is 3. The van der Waals surface area contributed by atoms with E-state index in [9.17, 15) is 9.59 Å². The van der Waals surface area contributed by atoms with Gasteiger partial charge in [0.15, 0.2) is 0 Å². The smallest absolute Gasteiger partial charge is 0.321 e. The summed E-state index contributed by atoms with van der Waals surface area (Å²) in [5, 5.41) is 7.70. The van der Waals surface area contributed by atoms with Gasteiger partial charge in [0, 0.05) is 31.5 Å². The summed E-state index contributed by atoms with van der Waals surface area (Å²) in [6.45, 7) is 3.94. The second kappa shape index (κ2) is 7.68. The van der Waals surface area contributed by atoms with Crippen LogP contribution >= 0.6 is 0 Å². The molecule has 1 heterocycles. The van der Waals surface area contributed by atoms with Gasteiger partial charge in [-0.05, 0) is 50.5 Å². The third-order valence-electron chi connectivity index (χ3n) is 3.83. The number of carbonyl (C=O) groups is 2. The Hall–Kier alpha value is -2.24. The monoisotopic (exact) mass is 304 g/mol. The zero-order chi connectivity index (χ0) is 15.9. The molecule has 0 aliphatic carbocycles. The quantitative estimate of drug-likeness (QED) is 0.795. The molecule has 0 spiro atoms. The minimum Gasteiger partial charge on any atom is -0.374 e. The molecule has 1 atom stereocenters. The number of piperidine rings is 1. The predicted octanol–water partition coefficient (Wildman–Crippen LogP) is 1.93. The highest BCUT2D eigenvalue weighted by Gasteiger charge is 2.15. The molecule has 6 nitrogen and oxygen atoms in total. The SMILES string of the molecule is CNC(=O)NC(=O)C(C)Nc1ccc(N2CCCCC2)cc1. The van der Waals surface area contributed by atoms with Crippen LogP contribution in [0.15, 0.2) is 24.3 Å². The normalized spacial score (nSPS) is 15.8. The number of benzene rings is 1. The Morgan fingerprint density at radius 1 is 1.09 bits per heavy atom. The van der Waals surface area contributed by atoms with Crippen molar-refractivity contribution in [2.24, 2.45) is 0 Å². The average molecular weight is 304 g/mol. The van der Waals surface area contributed by atoms with Crippen molar-refractivity contribution in [2.45, 2.75) is 32.2 Å². The van der Waals surface area contributed by atoms with Gasteiger partial charge in [0.2, 0.25) is 5.91 Å². The van der Waals surface area contributed by atoms with Gasteiger partial charge >= 0.3 is 6.03 Å². The first-order valence-corrected chi connectivity index (χ1v) is 7.74. The topological polar surface area (TPSA) is 73.5 Å². The van der Waals surface area contributed by atoms with Crippen LogP contribution in [0.2, 0.25) is 0 Å². The summed E-state index contributed by atoms with van der Waals surface area (Å²) in [5.41, 5.74) is 2.08. The highest BCUT2D eigenvalue weighted by Crippen LogP contribution is 2.22. The van der Waals surface area contributed by atoms with Crippen molar-refractivity contribution in [1.82, 2.24) is 10.6 Å². The van der Waals surface area contributed by atoms with Gasteiger partial charge in [-0.2, -0.15) is 0 Å². The lowest BCUT2D eigenvalue weighted by Gasteiger charge is -2.29. The van der Waals surface area contributed by atoms with E-state index in [0.29, 0.717) is 0 Å². The zero-order valence-electron chi connectivity index (χ0n) is 13.2. The molecule has 0 aromatic heterocycles. The Kier molecular flexibility index (Phi) is 5.63. The van der Waals surface area contributed by atoms with Gasteiger partial charge in [-0.25, -0.2) is 4.79 Å². The van der Waals surface area contributed by atoms with Crippen LogP contribution < -0.4 is 20.9 Å². The fourth-order valence-corrected chi connectivity index (χ4v) is 2.52. The Morgan fingerprint density at radius 2 is 1.73 bits per heavy atom. The van der Waals surface area contributed by atoms with E-state index in [2.05, 4.69) is 33.0 Å². The average Bonchev–Trinajstić information content (AvgIpc) is 2.56. The molecule has 3 amide bonds. The van der Waals surface area contributed by atoms with Crippen molar-refractivity contribution in [3.63, 3.8) is 0 Å². The van der Waals surface area contributed by atoms with Crippen LogP contribution in [0.3, 0.4) is 0 Å². The van der Waals surface area contributed by atoms with Gasteiger partial charge in [-0.15, -0.1) is 0 Å². The molecule has 1 unspecified atom stereocenters. The number of amides is 3. The molecule has 0 radical (unpaired) electrons. The van der Waals surface area contributed by atoms with Crippen LogP contribution in [0.1, 0.15) is 26.2 Å². The van der Waals surface area contributed by atoms with Crippen molar-refractivity contribution in [1.29, 1.82) is 0 Å². The summed E-state index contributed by atoms with van der Waals surface area (Å²) in [6, 6.07) is 7.08. The number of nitrogens with zero attached hydrogens (tertiary/aromatic N) is 1. The van der Waals surface area contributed by atoms with Crippen molar-refractivity contribution in [3.8, 4) is 0 Å². The van der Waals surface area contributed by atoms with E-state index >= 15 is 0 Å². The molecule has 1 saturated heterocycles. The zero-order valence-corrected chi connectivity index (χ0v) is 13.2. The molecule has 1 aliphatic heterocycles. The Balaban J connectivity index is 1.90. The van der Waals surface area contributed by atoms with Crippen LogP contribution in [0.5, 0.6) is 0 Å². The van der Waals surface area contributed by atoms with Crippen molar-refractivity contribution in [2.75, 3.05) is 30.4 Å². The highest BCUT2D eigenvalue weighted by molar-refractivity contribution is 5.97. The van der Waals surface area contributed by atoms with Crippen molar-refractivity contribution >= 4 is 23.3 Å². The summed E-state index contributed by atoms with van der Waals surface area (Å²) in [5.74, 6) is -0.362. The molecule has 0 saturated carbocycles. The number of carbonyl (C=O) groups excluding carboxylic acids is 2. The summed E-state index contributed by atoms with van der Waals surface area (Å²) < 4.78 is 0. The molecule has 1 fully saturated rings. The standard InChI is InChI=1S/C16H24N4O2/c1-12(15(21)19-16(22)17-2)18-13-6-8-14(9-7-13)20-10-4-3-5-11-20/h6-9,12,18H,3-5,10-11H2,1-2H3,(H2,17,19,21,22). The van der Waals surface area contributed by atoms with Crippen LogP contribution in [0, 0.1) is 0 Å². The summed E-state index contributed by atoms with van der Waals surface area (Å²) in [6.07, 6.45) is 3.81. The van der Waals surface area contributed by atoms with E-state index in [-0.39, 0.29) is 5.91 Å². The van der Waals surface area contributed by atoms with E-state index < -0.39 is 12.1 Å². The lowest BCUT2D eigenvalue weighted by Crippen LogP contribution is -2.44. The molecular formula is C16H24N4O2. The van der Waals surface area contributed by atoms with Gasteiger partial charge in [0.1, 0.15) is 6.04 Å². The van der Waals surface area contributed by atoms with Crippen molar-refractivity contribution in [3.05, 3.63) is 24.3 Å². The molecule has 1 aromatic carbocycles. The maximum atomic E-state index is 11.8. The van der Waals surface area contributed by atoms with Crippen molar-refractivity contribution < 1.29 is 9.59 Å². The molecule has 120 valence electrons. The third kappa shape index (κ3) is 4.38. The lowest BCUT2D eigenvalue weighted by molar-refractivity contribution is -0.120. The molecular weight excluding hydrogens is 280 g/mol. The first-order chi connectivity index (χ1) is 10.6. The second-order valence-corrected chi connectivity index (χ2v) is 5.53. The van der Waals surface area contributed by atoms with Crippen LogP contribution in [-0.4, -0.2) is 38.1 Å². The number of imide groups is 1. The Morgan fingerprint density at radius 3 is 2.32 bits per heavy atom. The highest BCUT2D eigenvalue weighted by atomic mass is 16.2. The van der Waals surface area contributed by atoms with Crippen LogP contribution in [0.25, 0.3) is 0 Å². The molecule has 22 heavy (non-hydrogen) atoms. The van der Waals surface area contributed by atoms with Gasteiger partial charge < -0.3 is 15.5 Å². The van der Waals surface area contributed by atoms with Crippen LogP contribution in [0.4, 0.5) is 16.2 Å². The maximum absolute atomic E-state index is 11.8. The van der Waals surface area contributed by atoms with Gasteiger partial charge in [0.25, 0.3) is 0 Å². The predicted molar refractivity (Wildman–Crippen MR) is 88.2 cm³/mol. The number of urea groups is 1.